The quantitative estimate of drug-likeness (QED) is 0.822. The lowest BCUT2D eigenvalue weighted by atomic mass is 10.0. The standard InChI is InChI=1S/C14H19NO4/c1-2-15-14(17)5-3-4-11(16)10-6-7-12-13(8-10)19-9-18-12/h6-8,11,16H,2-5,9H2,1H3,(H,15,17). The lowest BCUT2D eigenvalue weighted by Crippen LogP contribution is -2.22. The minimum atomic E-state index is -0.580. The molecule has 19 heavy (non-hydrogen) atoms. The second-order valence-electron chi connectivity index (χ2n) is 4.47. The van der Waals surface area contributed by atoms with Crippen LogP contribution in [0.5, 0.6) is 11.5 Å². The van der Waals surface area contributed by atoms with Crippen LogP contribution in [0.2, 0.25) is 0 Å². The Labute approximate surface area is 112 Å². The van der Waals surface area contributed by atoms with E-state index in [1.54, 1.807) is 12.1 Å². The molecule has 2 N–H and O–H groups in total. The van der Waals surface area contributed by atoms with Crippen LogP contribution in [0.4, 0.5) is 0 Å². The number of aliphatic hydroxyl groups excluding tert-OH is 1. The van der Waals surface area contributed by atoms with Gasteiger partial charge in [0.15, 0.2) is 11.5 Å². The van der Waals surface area contributed by atoms with Gasteiger partial charge in [0.2, 0.25) is 12.7 Å². The van der Waals surface area contributed by atoms with E-state index in [0.29, 0.717) is 37.3 Å². The highest BCUT2D eigenvalue weighted by molar-refractivity contribution is 5.75. The third kappa shape index (κ3) is 3.61. The maximum Gasteiger partial charge on any atom is 0.231 e. The van der Waals surface area contributed by atoms with E-state index < -0.39 is 6.10 Å². The monoisotopic (exact) mass is 265 g/mol. The van der Waals surface area contributed by atoms with Crippen LogP contribution in [-0.4, -0.2) is 24.4 Å². The van der Waals surface area contributed by atoms with Crippen LogP contribution in [-0.2, 0) is 4.79 Å². The summed E-state index contributed by atoms with van der Waals surface area (Å²) in [6, 6.07) is 5.41. The SMILES string of the molecule is CCNC(=O)CCCC(O)c1ccc2c(c1)OCO2. The summed E-state index contributed by atoms with van der Waals surface area (Å²) < 4.78 is 10.5. The molecule has 5 heteroatoms. The maximum absolute atomic E-state index is 11.3. The lowest BCUT2D eigenvalue weighted by molar-refractivity contribution is -0.121. The van der Waals surface area contributed by atoms with Crippen molar-refractivity contribution in [3.63, 3.8) is 0 Å². The van der Waals surface area contributed by atoms with Crippen molar-refractivity contribution in [3.8, 4) is 11.5 Å². The molecule has 1 unspecified atom stereocenters. The highest BCUT2D eigenvalue weighted by atomic mass is 16.7. The van der Waals surface area contributed by atoms with Gasteiger partial charge in [0, 0.05) is 13.0 Å². The van der Waals surface area contributed by atoms with Gasteiger partial charge in [-0.15, -0.1) is 0 Å². The first-order valence-electron chi connectivity index (χ1n) is 6.55. The number of nitrogens with one attached hydrogen (secondary N) is 1. The maximum atomic E-state index is 11.3. The summed E-state index contributed by atoms with van der Waals surface area (Å²) in [5.74, 6) is 1.40. The molecule has 0 aliphatic carbocycles. The lowest BCUT2D eigenvalue weighted by Gasteiger charge is -2.11. The van der Waals surface area contributed by atoms with Crippen molar-refractivity contribution in [2.45, 2.75) is 32.3 Å². The molecule has 5 nitrogen and oxygen atoms in total. The molecule has 1 aromatic carbocycles. The Morgan fingerprint density at radius 2 is 2.21 bits per heavy atom. The first-order chi connectivity index (χ1) is 9.20. The zero-order valence-corrected chi connectivity index (χ0v) is 11.0. The summed E-state index contributed by atoms with van der Waals surface area (Å²) in [6.45, 7) is 2.76. The zero-order valence-electron chi connectivity index (χ0n) is 11.0. The zero-order chi connectivity index (χ0) is 13.7. The Morgan fingerprint density at radius 1 is 1.42 bits per heavy atom. The van der Waals surface area contributed by atoms with Crippen molar-refractivity contribution in [2.24, 2.45) is 0 Å². The number of ether oxygens (including phenoxy) is 2. The van der Waals surface area contributed by atoms with Crippen LogP contribution in [0.3, 0.4) is 0 Å². The number of amides is 1. The summed E-state index contributed by atoms with van der Waals surface area (Å²) in [5, 5.41) is 12.8. The van der Waals surface area contributed by atoms with Gasteiger partial charge in [-0.25, -0.2) is 0 Å². The molecule has 0 saturated carbocycles. The van der Waals surface area contributed by atoms with Crippen molar-refractivity contribution in [1.82, 2.24) is 5.32 Å². The summed E-state index contributed by atoms with van der Waals surface area (Å²) in [5.41, 5.74) is 0.792. The molecular weight excluding hydrogens is 246 g/mol. The van der Waals surface area contributed by atoms with Gasteiger partial charge in [0.1, 0.15) is 0 Å². The van der Waals surface area contributed by atoms with Gasteiger partial charge >= 0.3 is 0 Å². The molecule has 104 valence electrons. The van der Waals surface area contributed by atoms with E-state index in [9.17, 15) is 9.90 Å². The van der Waals surface area contributed by atoms with Gasteiger partial charge in [-0.1, -0.05) is 6.07 Å². The van der Waals surface area contributed by atoms with Crippen LogP contribution < -0.4 is 14.8 Å². The normalized spacial score (nSPS) is 14.2. The van der Waals surface area contributed by atoms with Gasteiger partial charge in [-0.2, -0.15) is 0 Å². The van der Waals surface area contributed by atoms with Crippen LogP contribution in [0.1, 0.15) is 37.9 Å². The van der Waals surface area contributed by atoms with Crippen LogP contribution in [0.15, 0.2) is 18.2 Å². The summed E-state index contributed by atoms with van der Waals surface area (Å²) >= 11 is 0. The van der Waals surface area contributed by atoms with Gasteiger partial charge in [-0.3, -0.25) is 4.79 Å². The fourth-order valence-electron chi connectivity index (χ4n) is 2.03. The number of carbonyl (C=O) groups is 1. The number of hydrogen-bond acceptors (Lipinski definition) is 4. The molecule has 0 bridgehead atoms. The van der Waals surface area contributed by atoms with Crippen LogP contribution in [0, 0.1) is 0 Å². The molecule has 0 spiro atoms. The first kappa shape index (κ1) is 13.7. The Balaban J connectivity index is 1.83. The van der Waals surface area contributed by atoms with Crippen LogP contribution in [0.25, 0.3) is 0 Å². The van der Waals surface area contributed by atoms with Gasteiger partial charge in [0.25, 0.3) is 0 Å². The molecule has 1 aliphatic rings. The number of hydrogen-bond donors (Lipinski definition) is 2. The van der Waals surface area contributed by atoms with E-state index in [1.165, 1.54) is 0 Å². The van der Waals surface area contributed by atoms with E-state index in [2.05, 4.69) is 5.32 Å². The van der Waals surface area contributed by atoms with E-state index in [1.807, 2.05) is 13.0 Å². The molecule has 0 saturated heterocycles. The fourth-order valence-corrected chi connectivity index (χ4v) is 2.03. The van der Waals surface area contributed by atoms with Crippen molar-refractivity contribution >= 4 is 5.91 Å². The highest BCUT2D eigenvalue weighted by Gasteiger charge is 2.16. The van der Waals surface area contributed by atoms with Gasteiger partial charge in [-0.05, 0) is 37.5 Å². The van der Waals surface area contributed by atoms with E-state index in [-0.39, 0.29) is 12.7 Å². The molecule has 1 heterocycles. The number of fused-ring (bicyclic) bond motifs is 1. The van der Waals surface area contributed by atoms with Gasteiger partial charge in [0.05, 0.1) is 6.10 Å². The number of aliphatic hydroxyl groups is 1. The Hall–Kier alpha value is -1.75. The average Bonchev–Trinajstić information content (AvgIpc) is 2.86. The fraction of sp³-hybridized carbons (Fsp3) is 0.500. The summed E-state index contributed by atoms with van der Waals surface area (Å²) in [6.07, 6.45) is 1.07. The molecule has 0 aromatic heterocycles. The highest BCUT2D eigenvalue weighted by Crippen LogP contribution is 2.34. The Morgan fingerprint density at radius 3 is 3.00 bits per heavy atom. The third-order valence-electron chi connectivity index (χ3n) is 3.04. The van der Waals surface area contributed by atoms with Crippen molar-refractivity contribution < 1.29 is 19.4 Å². The molecule has 0 radical (unpaired) electrons. The third-order valence-corrected chi connectivity index (χ3v) is 3.04. The molecule has 2 rings (SSSR count). The number of benzene rings is 1. The predicted molar refractivity (Wildman–Crippen MR) is 70.1 cm³/mol. The largest absolute Gasteiger partial charge is 0.454 e. The first-order valence-corrected chi connectivity index (χ1v) is 6.55. The van der Waals surface area contributed by atoms with Crippen LogP contribution >= 0.6 is 0 Å². The molecular formula is C14H19NO4. The second-order valence-corrected chi connectivity index (χ2v) is 4.47. The average molecular weight is 265 g/mol. The minimum Gasteiger partial charge on any atom is -0.454 e. The van der Waals surface area contributed by atoms with Crippen molar-refractivity contribution in [1.29, 1.82) is 0 Å². The van der Waals surface area contributed by atoms with Gasteiger partial charge < -0.3 is 19.9 Å². The molecule has 1 aliphatic heterocycles. The Kier molecular flexibility index (Phi) is 4.63. The van der Waals surface area contributed by atoms with E-state index in [0.717, 1.165) is 5.56 Å². The predicted octanol–water partition coefficient (Wildman–Crippen LogP) is 1.76. The minimum absolute atomic E-state index is 0.0281. The smallest absolute Gasteiger partial charge is 0.231 e. The molecule has 1 aromatic rings. The topological polar surface area (TPSA) is 67.8 Å². The summed E-state index contributed by atoms with van der Waals surface area (Å²) in [4.78, 5) is 11.3. The van der Waals surface area contributed by atoms with Crippen molar-refractivity contribution in [2.75, 3.05) is 13.3 Å². The summed E-state index contributed by atoms with van der Waals surface area (Å²) in [7, 11) is 0. The molecule has 1 atom stereocenters. The van der Waals surface area contributed by atoms with E-state index in [4.69, 9.17) is 9.47 Å². The van der Waals surface area contributed by atoms with E-state index >= 15 is 0 Å². The molecule has 1 amide bonds. The second kappa shape index (κ2) is 6.43. The molecule has 0 fully saturated rings. The van der Waals surface area contributed by atoms with Crippen molar-refractivity contribution in [3.05, 3.63) is 23.8 Å². The number of carbonyl (C=O) groups excluding carboxylic acids is 1. The number of rotatable bonds is 6. The Bertz CT molecular complexity index is 447.